The number of hydrogen-bond acceptors (Lipinski definition) is 1. The van der Waals surface area contributed by atoms with Crippen LogP contribution in [0.25, 0.3) is 0 Å². The van der Waals surface area contributed by atoms with Crippen LogP contribution in [0.15, 0.2) is 24.3 Å². The second kappa shape index (κ2) is 3.28. The SMILES string of the molecule is CCCc1ccc(C2CN2)cc1. The molecule has 1 aliphatic heterocycles. The number of aryl methyl sites for hydroxylation is 1. The zero-order valence-corrected chi connectivity index (χ0v) is 7.51. The molecule has 0 aliphatic carbocycles. The van der Waals surface area contributed by atoms with Crippen LogP contribution in [0.2, 0.25) is 0 Å². The molecule has 1 aromatic rings. The number of nitrogens with one attached hydrogen (secondary N) is 1. The van der Waals surface area contributed by atoms with Crippen molar-refractivity contribution in [3.05, 3.63) is 35.4 Å². The average Bonchev–Trinajstić information content (AvgIpc) is 2.89. The Hall–Kier alpha value is -0.820. The molecule has 0 radical (unpaired) electrons. The van der Waals surface area contributed by atoms with Gasteiger partial charge in [-0.3, -0.25) is 0 Å². The minimum Gasteiger partial charge on any atom is -0.307 e. The molecular formula is C11H15N. The summed E-state index contributed by atoms with van der Waals surface area (Å²) in [6.45, 7) is 3.38. The predicted octanol–water partition coefficient (Wildman–Crippen LogP) is 2.28. The Balaban J connectivity index is 2.08. The van der Waals surface area contributed by atoms with Gasteiger partial charge in [0.1, 0.15) is 0 Å². The lowest BCUT2D eigenvalue weighted by Crippen LogP contribution is -1.86. The molecule has 1 nitrogen and oxygen atoms in total. The van der Waals surface area contributed by atoms with Gasteiger partial charge in [0.25, 0.3) is 0 Å². The molecule has 1 saturated heterocycles. The summed E-state index contributed by atoms with van der Waals surface area (Å²) in [5.41, 5.74) is 2.90. The van der Waals surface area contributed by atoms with Gasteiger partial charge in [-0.15, -0.1) is 0 Å². The number of rotatable bonds is 3. The summed E-state index contributed by atoms with van der Waals surface area (Å²) in [7, 11) is 0. The van der Waals surface area contributed by atoms with E-state index >= 15 is 0 Å². The fraction of sp³-hybridized carbons (Fsp3) is 0.455. The quantitative estimate of drug-likeness (QED) is 0.675. The summed E-state index contributed by atoms with van der Waals surface area (Å²) in [4.78, 5) is 0. The molecule has 1 aromatic carbocycles. The van der Waals surface area contributed by atoms with E-state index in [0.29, 0.717) is 6.04 Å². The molecule has 0 bridgehead atoms. The smallest absolute Gasteiger partial charge is 0.0447 e. The second-order valence-electron chi connectivity index (χ2n) is 3.45. The standard InChI is InChI=1S/C11H15N/c1-2-3-9-4-6-10(7-5-9)11-8-12-11/h4-7,11-12H,2-3,8H2,1H3. The first-order valence-corrected chi connectivity index (χ1v) is 4.72. The van der Waals surface area contributed by atoms with Crippen molar-refractivity contribution in [2.45, 2.75) is 25.8 Å². The minimum atomic E-state index is 0.653. The summed E-state index contributed by atoms with van der Waals surface area (Å²) in [6, 6.07) is 9.64. The molecule has 2 rings (SSSR count). The lowest BCUT2D eigenvalue weighted by Gasteiger charge is -2.00. The molecule has 1 N–H and O–H groups in total. The highest BCUT2D eigenvalue weighted by atomic mass is 15.1. The monoisotopic (exact) mass is 161 g/mol. The lowest BCUT2D eigenvalue weighted by atomic mass is 10.1. The topological polar surface area (TPSA) is 21.9 Å². The summed E-state index contributed by atoms with van der Waals surface area (Å²) in [6.07, 6.45) is 2.44. The van der Waals surface area contributed by atoms with E-state index in [4.69, 9.17) is 0 Å². The predicted molar refractivity (Wildman–Crippen MR) is 51.2 cm³/mol. The van der Waals surface area contributed by atoms with Crippen LogP contribution < -0.4 is 5.32 Å². The first kappa shape index (κ1) is 7.81. The second-order valence-corrected chi connectivity index (χ2v) is 3.45. The maximum atomic E-state index is 3.30. The average molecular weight is 161 g/mol. The largest absolute Gasteiger partial charge is 0.307 e. The van der Waals surface area contributed by atoms with E-state index in [0.717, 1.165) is 6.54 Å². The molecule has 0 amide bonds. The van der Waals surface area contributed by atoms with Crippen LogP contribution in [0.4, 0.5) is 0 Å². The molecule has 0 aromatic heterocycles. The van der Waals surface area contributed by atoms with E-state index in [9.17, 15) is 0 Å². The maximum absolute atomic E-state index is 3.30. The van der Waals surface area contributed by atoms with Gasteiger partial charge < -0.3 is 5.32 Å². The fourth-order valence-electron chi connectivity index (χ4n) is 1.50. The summed E-state index contributed by atoms with van der Waals surface area (Å²) < 4.78 is 0. The van der Waals surface area contributed by atoms with Gasteiger partial charge in [-0.05, 0) is 17.5 Å². The first-order chi connectivity index (χ1) is 5.90. The van der Waals surface area contributed by atoms with Crippen LogP contribution in [0.5, 0.6) is 0 Å². The first-order valence-electron chi connectivity index (χ1n) is 4.72. The third-order valence-electron chi connectivity index (χ3n) is 2.33. The van der Waals surface area contributed by atoms with Gasteiger partial charge in [-0.1, -0.05) is 37.6 Å². The van der Waals surface area contributed by atoms with Crippen LogP contribution in [-0.4, -0.2) is 6.54 Å². The van der Waals surface area contributed by atoms with Crippen molar-refractivity contribution in [1.29, 1.82) is 0 Å². The van der Waals surface area contributed by atoms with Crippen LogP contribution >= 0.6 is 0 Å². The lowest BCUT2D eigenvalue weighted by molar-refractivity contribution is 0.919. The van der Waals surface area contributed by atoms with Crippen LogP contribution in [0.3, 0.4) is 0 Å². The molecule has 1 heteroatoms. The zero-order valence-electron chi connectivity index (χ0n) is 7.51. The molecule has 0 spiro atoms. The van der Waals surface area contributed by atoms with E-state index in [2.05, 4.69) is 36.5 Å². The highest BCUT2D eigenvalue weighted by molar-refractivity contribution is 5.27. The van der Waals surface area contributed by atoms with Crippen molar-refractivity contribution in [3.8, 4) is 0 Å². The van der Waals surface area contributed by atoms with Crippen molar-refractivity contribution >= 4 is 0 Å². The van der Waals surface area contributed by atoms with E-state index in [-0.39, 0.29) is 0 Å². The molecule has 1 atom stereocenters. The van der Waals surface area contributed by atoms with Gasteiger partial charge in [0.15, 0.2) is 0 Å². The van der Waals surface area contributed by atoms with Crippen LogP contribution in [0, 0.1) is 0 Å². The van der Waals surface area contributed by atoms with Gasteiger partial charge in [-0.2, -0.15) is 0 Å². The number of hydrogen-bond donors (Lipinski definition) is 1. The van der Waals surface area contributed by atoms with Gasteiger partial charge in [0, 0.05) is 12.6 Å². The number of benzene rings is 1. The van der Waals surface area contributed by atoms with E-state index < -0.39 is 0 Å². The third kappa shape index (κ3) is 1.67. The third-order valence-corrected chi connectivity index (χ3v) is 2.33. The molecule has 1 aliphatic rings. The fourth-order valence-corrected chi connectivity index (χ4v) is 1.50. The Bertz CT molecular complexity index is 246. The molecular weight excluding hydrogens is 146 g/mol. The Labute approximate surface area is 73.8 Å². The van der Waals surface area contributed by atoms with Crippen molar-refractivity contribution in [2.24, 2.45) is 0 Å². The van der Waals surface area contributed by atoms with Gasteiger partial charge in [-0.25, -0.2) is 0 Å². The van der Waals surface area contributed by atoms with Crippen LogP contribution in [-0.2, 0) is 6.42 Å². The minimum absolute atomic E-state index is 0.653. The Morgan fingerprint density at radius 3 is 2.50 bits per heavy atom. The summed E-state index contributed by atoms with van der Waals surface area (Å²) in [5.74, 6) is 0. The van der Waals surface area contributed by atoms with Gasteiger partial charge in [0.2, 0.25) is 0 Å². The Kier molecular flexibility index (Phi) is 2.13. The molecule has 64 valence electrons. The van der Waals surface area contributed by atoms with Gasteiger partial charge in [0.05, 0.1) is 0 Å². The van der Waals surface area contributed by atoms with Crippen molar-refractivity contribution < 1.29 is 0 Å². The molecule has 1 heterocycles. The van der Waals surface area contributed by atoms with E-state index in [1.165, 1.54) is 24.0 Å². The normalized spacial score (nSPS) is 20.9. The highest BCUT2D eigenvalue weighted by Crippen LogP contribution is 2.21. The maximum Gasteiger partial charge on any atom is 0.0447 e. The summed E-state index contributed by atoms with van der Waals surface area (Å²) in [5, 5.41) is 3.30. The Morgan fingerprint density at radius 2 is 2.00 bits per heavy atom. The van der Waals surface area contributed by atoms with Crippen molar-refractivity contribution in [2.75, 3.05) is 6.54 Å². The van der Waals surface area contributed by atoms with Crippen molar-refractivity contribution in [1.82, 2.24) is 5.32 Å². The zero-order chi connectivity index (χ0) is 8.39. The molecule has 1 unspecified atom stereocenters. The van der Waals surface area contributed by atoms with Crippen molar-refractivity contribution in [3.63, 3.8) is 0 Å². The Morgan fingerprint density at radius 1 is 1.33 bits per heavy atom. The molecule has 1 fully saturated rings. The van der Waals surface area contributed by atoms with E-state index in [1.807, 2.05) is 0 Å². The van der Waals surface area contributed by atoms with E-state index in [1.54, 1.807) is 0 Å². The van der Waals surface area contributed by atoms with Crippen LogP contribution in [0.1, 0.15) is 30.5 Å². The highest BCUT2D eigenvalue weighted by Gasteiger charge is 2.21. The van der Waals surface area contributed by atoms with Gasteiger partial charge >= 0.3 is 0 Å². The molecule has 0 saturated carbocycles. The molecule has 12 heavy (non-hydrogen) atoms. The summed E-state index contributed by atoms with van der Waals surface area (Å²) >= 11 is 0.